The molecule has 72 valence electrons. The lowest BCUT2D eigenvalue weighted by Gasteiger charge is -1.95. The van der Waals surface area contributed by atoms with Gasteiger partial charge in [-0.1, -0.05) is 17.3 Å². The van der Waals surface area contributed by atoms with Crippen LogP contribution in [0.1, 0.15) is 5.76 Å². The van der Waals surface area contributed by atoms with E-state index in [1.807, 2.05) is 0 Å². The monoisotopic (exact) mass is 255 g/mol. The Labute approximate surface area is 88.9 Å². The van der Waals surface area contributed by atoms with E-state index in [-0.39, 0.29) is 5.82 Å². The van der Waals surface area contributed by atoms with Crippen LogP contribution >= 0.6 is 15.9 Å². The number of benzene rings is 1. The molecule has 4 heteroatoms. The van der Waals surface area contributed by atoms with Crippen molar-refractivity contribution in [2.45, 2.75) is 6.92 Å². The number of aromatic nitrogens is 1. The first kappa shape index (κ1) is 9.40. The maximum atomic E-state index is 12.9. The van der Waals surface area contributed by atoms with Crippen molar-refractivity contribution < 1.29 is 8.91 Å². The minimum Gasteiger partial charge on any atom is -0.360 e. The predicted molar refractivity (Wildman–Crippen MR) is 54.3 cm³/mol. The first-order valence-electron chi connectivity index (χ1n) is 4.06. The molecule has 0 bridgehead atoms. The molecule has 1 aromatic carbocycles. The van der Waals surface area contributed by atoms with E-state index < -0.39 is 0 Å². The molecule has 0 unspecified atom stereocenters. The minimum absolute atomic E-state index is 0.282. The van der Waals surface area contributed by atoms with Crippen molar-refractivity contribution in [2.75, 3.05) is 0 Å². The molecule has 1 heterocycles. The van der Waals surface area contributed by atoms with Crippen LogP contribution in [0, 0.1) is 12.7 Å². The third-order valence-electron chi connectivity index (χ3n) is 1.89. The fraction of sp³-hybridized carbons (Fsp3) is 0.100. The first-order chi connectivity index (χ1) is 6.68. The molecule has 2 nitrogen and oxygen atoms in total. The normalized spacial score (nSPS) is 10.5. The molecule has 0 spiro atoms. The van der Waals surface area contributed by atoms with Crippen LogP contribution in [0.5, 0.6) is 0 Å². The van der Waals surface area contributed by atoms with E-state index >= 15 is 0 Å². The molecular weight excluding hydrogens is 249 g/mol. The van der Waals surface area contributed by atoms with Crippen LogP contribution in [0.2, 0.25) is 0 Å². The molecule has 0 aliphatic rings. The SMILES string of the molecule is Cc1onc(-c2cccc(F)c2)c1Br. The van der Waals surface area contributed by atoms with Gasteiger partial charge in [0.1, 0.15) is 17.3 Å². The van der Waals surface area contributed by atoms with E-state index in [0.29, 0.717) is 17.0 Å². The van der Waals surface area contributed by atoms with Gasteiger partial charge in [0.2, 0.25) is 0 Å². The number of rotatable bonds is 1. The van der Waals surface area contributed by atoms with Gasteiger partial charge in [0.25, 0.3) is 0 Å². The van der Waals surface area contributed by atoms with Gasteiger partial charge in [-0.15, -0.1) is 0 Å². The molecule has 2 rings (SSSR count). The summed E-state index contributed by atoms with van der Waals surface area (Å²) in [4.78, 5) is 0. The van der Waals surface area contributed by atoms with Crippen LogP contribution in [0.3, 0.4) is 0 Å². The largest absolute Gasteiger partial charge is 0.360 e. The molecule has 0 N–H and O–H groups in total. The zero-order chi connectivity index (χ0) is 10.1. The van der Waals surface area contributed by atoms with Crippen LogP contribution in [-0.2, 0) is 0 Å². The van der Waals surface area contributed by atoms with Crippen molar-refractivity contribution in [1.29, 1.82) is 0 Å². The number of halogens is 2. The summed E-state index contributed by atoms with van der Waals surface area (Å²) in [5, 5.41) is 3.84. The highest BCUT2D eigenvalue weighted by Crippen LogP contribution is 2.29. The fourth-order valence-electron chi connectivity index (χ4n) is 1.18. The first-order valence-corrected chi connectivity index (χ1v) is 4.85. The molecule has 0 aliphatic carbocycles. The Morgan fingerprint density at radius 2 is 2.21 bits per heavy atom. The predicted octanol–water partition coefficient (Wildman–Crippen LogP) is 3.55. The number of nitrogens with zero attached hydrogens (tertiary/aromatic N) is 1. The summed E-state index contributed by atoms with van der Waals surface area (Å²) >= 11 is 3.33. The summed E-state index contributed by atoms with van der Waals surface area (Å²) in [6.07, 6.45) is 0. The van der Waals surface area contributed by atoms with Gasteiger partial charge in [-0.2, -0.15) is 0 Å². The standard InChI is InChI=1S/C10H7BrFNO/c1-6-9(11)10(13-14-6)7-3-2-4-8(12)5-7/h2-5H,1H3. The topological polar surface area (TPSA) is 26.0 Å². The van der Waals surface area contributed by atoms with Gasteiger partial charge in [-0.3, -0.25) is 0 Å². The summed E-state index contributed by atoms with van der Waals surface area (Å²) in [6, 6.07) is 6.23. The molecule has 2 aromatic rings. The van der Waals surface area contributed by atoms with Crippen LogP contribution in [0.4, 0.5) is 4.39 Å². The molecule has 0 radical (unpaired) electrons. The van der Waals surface area contributed by atoms with Crippen LogP contribution < -0.4 is 0 Å². The summed E-state index contributed by atoms with van der Waals surface area (Å²) in [5.74, 6) is 0.402. The maximum Gasteiger partial charge on any atom is 0.148 e. The lowest BCUT2D eigenvalue weighted by Crippen LogP contribution is -1.80. The number of hydrogen-bond donors (Lipinski definition) is 0. The number of aryl methyl sites for hydroxylation is 1. The smallest absolute Gasteiger partial charge is 0.148 e. The molecule has 0 fully saturated rings. The van der Waals surface area contributed by atoms with Crippen molar-refractivity contribution in [1.82, 2.24) is 5.16 Å². The van der Waals surface area contributed by atoms with Gasteiger partial charge in [-0.05, 0) is 35.0 Å². The maximum absolute atomic E-state index is 12.9. The molecular formula is C10H7BrFNO. The molecule has 0 saturated heterocycles. The molecule has 0 amide bonds. The Balaban J connectivity index is 2.55. The fourth-order valence-corrected chi connectivity index (χ4v) is 1.55. The van der Waals surface area contributed by atoms with Gasteiger partial charge in [-0.25, -0.2) is 4.39 Å². The second-order valence-electron chi connectivity index (χ2n) is 2.91. The van der Waals surface area contributed by atoms with E-state index in [9.17, 15) is 4.39 Å². The average molecular weight is 256 g/mol. The van der Waals surface area contributed by atoms with Crippen LogP contribution in [-0.4, -0.2) is 5.16 Å². The van der Waals surface area contributed by atoms with E-state index in [0.717, 1.165) is 4.47 Å². The Bertz CT molecular complexity index is 467. The van der Waals surface area contributed by atoms with Gasteiger partial charge >= 0.3 is 0 Å². The minimum atomic E-state index is -0.282. The molecule has 1 aromatic heterocycles. The van der Waals surface area contributed by atoms with E-state index in [1.165, 1.54) is 12.1 Å². The van der Waals surface area contributed by atoms with E-state index in [1.54, 1.807) is 19.1 Å². The summed E-state index contributed by atoms with van der Waals surface area (Å²) in [7, 11) is 0. The van der Waals surface area contributed by atoms with Gasteiger partial charge in [0.15, 0.2) is 0 Å². The third-order valence-corrected chi connectivity index (χ3v) is 2.82. The second kappa shape index (κ2) is 3.53. The van der Waals surface area contributed by atoms with Crippen LogP contribution in [0.15, 0.2) is 33.3 Å². The highest BCUT2D eigenvalue weighted by Gasteiger charge is 2.11. The van der Waals surface area contributed by atoms with Crippen molar-refractivity contribution >= 4 is 15.9 Å². The lowest BCUT2D eigenvalue weighted by atomic mass is 10.1. The number of hydrogen-bond acceptors (Lipinski definition) is 2. The zero-order valence-corrected chi connectivity index (χ0v) is 9.01. The molecule has 0 atom stereocenters. The van der Waals surface area contributed by atoms with Crippen molar-refractivity contribution in [2.24, 2.45) is 0 Å². The summed E-state index contributed by atoms with van der Waals surface area (Å²) < 4.78 is 18.7. The second-order valence-corrected chi connectivity index (χ2v) is 3.70. The zero-order valence-electron chi connectivity index (χ0n) is 7.42. The Morgan fingerprint density at radius 3 is 2.79 bits per heavy atom. The Kier molecular flexibility index (Phi) is 2.37. The summed E-state index contributed by atoms with van der Waals surface area (Å²) in [6.45, 7) is 1.79. The lowest BCUT2D eigenvalue weighted by molar-refractivity contribution is 0.399. The highest BCUT2D eigenvalue weighted by atomic mass is 79.9. The Morgan fingerprint density at radius 1 is 1.43 bits per heavy atom. The van der Waals surface area contributed by atoms with E-state index in [4.69, 9.17) is 4.52 Å². The van der Waals surface area contributed by atoms with Crippen LogP contribution in [0.25, 0.3) is 11.3 Å². The Hall–Kier alpha value is -1.16. The third kappa shape index (κ3) is 1.57. The molecule has 0 saturated carbocycles. The van der Waals surface area contributed by atoms with Gasteiger partial charge < -0.3 is 4.52 Å². The van der Waals surface area contributed by atoms with Gasteiger partial charge in [0.05, 0.1) is 4.47 Å². The highest BCUT2D eigenvalue weighted by molar-refractivity contribution is 9.10. The molecule has 0 aliphatic heterocycles. The van der Waals surface area contributed by atoms with E-state index in [2.05, 4.69) is 21.1 Å². The molecule has 14 heavy (non-hydrogen) atoms. The quantitative estimate of drug-likeness (QED) is 0.779. The van der Waals surface area contributed by atoms with Crippen molar-refractivity contribution in [3.63, 3.8) is 0 Å². The summed E-state index contributed by atoms with van der Waals surface area (Å²) in [5.41, 5.74) is 1.33. The average Bonchev–Trinajstić information content (AvgIpc) is 2.48. The van der Waals surface area contributed by atoms with Gasteiger partial charge in [0, 0.05) is 5.56 Å². The van der Waals surface area contributed by atoms with Crippen molar-refractivity contribution in [3.8, 4) is 11.3 Å². The van der Waals surface area contributed by atoms with Crippen molar-refractivity contribution in [3.05, 3.63) is 40.3 Å².